The molecule has 0 bridgehead atoms. The first-order chi connectivity index (χ1) is 8.72. The molecule has 1 heterocycles. The maximum Gasteiger partial charge on any atom is 0.161 e. The topological polar surface area (TPSA) is 41.9 Å². The van der Waals surface area contributed by atoms with Crippen LogP contribution in [0.25, 0.3) is 0 Å². The van der Waals surface area contributed by atoms with Crippen molar-refractivity contribution in [2.75, 3.05) is 33.9 Å². The second-order valence-electron chi connectivity index (χ2n) is 4.75. The smallest absolute Gasteiger partial charge is 0.161 e. The monoisotopic (exact) mass is 251 g/mol. The summed E-state index contributed by atoms with van der Waals surface area (Å²) in [5.74, 6) is 1.63. The van der Waals surface area contributed by atoms with Crippen molar-refractivity contribution in [3.05, 3.63) is 23.8 Å². The van der Waals surface area contributed by atoms with Crippen LogP contribution < -0.4 is 9.47 Å². The molecule has 0 amide bonds. The number of ether oxygens (including phenoxy) is 2. The molecule has 1 atom stereocenters. The van der Waals surface area contributed by atoms with Gasteiger partial charge in [0, 0.05) is 19.1 Å². The highest BCUT2D eigenvalue weighted by Crippen LogP contribution is 2.34. The lowest BCUT2D eigenvalue weighted by molar-refractivity contribution is 0.210. The number of hydrogen-bond donors (Lipinski definition) is 1. The Labute approximate surface area is 108 Å². The zero-order valence-corrected chi connectivity index (χ0v) is 11.1. The third kappa shape index (κ3) is 2.94. The number of hydrogen-bond acceptors (Lipinski definition) is 4. The highest BCUT2D eigenvalue weighted by Gasteiger charge is 2.17. The molecule has 0 aliphatic carbocycles. The van der Waals surface area contributed by atoms with Crippen LogP contribution in [-0.2, 0) is 0 Å². The Morgan fingerprint density at radius 2 is 1.94 bits per heavy atom. The lowest BCUT2D eigenvalue weighted by Gasteiger charge is -2.24. The first-order valence-electron chi connectivity index (χ1n) is 6.39. The fraction of sp³-hybridized carbons (Fsp3) is 0.571. The minimum absolute atomic E-state index is 0.178. The summed E-state index contributed by atoms with van der Waals surface area (Å²) in [4.78, 5) is 2.11. The van der Waals surface area contributed by atoms with E-state index in [1.165, 1.54) is 0 Å². The number of benzene rings is 1. The Morgan fingerprint density at radius 3 is 2.61 bits per heavy atom. The molecular weight excluding hydrogens is 230 g/mol. The van der Waals surface area contributed by atoms with E-state index in [2.05, 4.69) is 4.90 Å². The molecule has 0 radical (unpaired) electrons. The van der Waals surface area contributed by atoms with Crippen molar-refractivity contribution in [3.8, 4) is 11.5 Å². The van der Waals surface area contributed by atoms with Crippen molar-refractivity contribution in [1.82, 2.24) is 4.90 Å². The minimum Gasteiger partial charge on any atom is -0.490 e. The van der Waals surface area contributed by atoms with Gasteiger partial charge in [-0.1, -0.05) is 6.07 Å². The van der Waals surface area contributed by atoms with Gasteiger partial charge >= 0.3 is 0 Å². The fourth-order valence-electron chi connectivity index (χ4n) is 2.23. The molecule has 1 aliphatic rings. The zero-order valence-electron chi connectivity index (χ0n) is 11.1. The summed E-state index contributed by atoms with van der Waals surface area (Å²) in [5.41, 5.74) is 1.15. The van der Waals surface area contributed by atoms with Gasteiger partial charge in [0.25, 0.3) is 0 Å². The molecule has 0 saturated heterocycles. The molecule has 0 aromatic heterocycles. The van der Waals surface area contributed by atoms with E-state index in [9.17, 15) is 0 Å². The molecule has 1 aromatic carbocycles. The van der Waals surface area contributed by atoms with Gasteiger partial charge in [-0.3, -0.25) is 0 Å². The van der Waals surface area contributed by atoms with Crippen molar-refractivity contribution in [2.24, 2.45) is 0 Å². The summed E-state index contributed by atoms with van der Waals surface area (Å²) < 4.78 is 11.3. The van der Waals surface area contributed by atoms with Crippen molar-refractivity contribution < 1.29 is 14.6 Å². The highest BCUT2D eigenvalue weighted by atomic mass is 16.5. The van der Waals surface area contributed by atoms with Crippen molar-refractivity contribution in [3.63, 3.8) is 0 Å². The standard InChI is InChI=1S/C14H21NO3/c1-15(2)12(6-7-16)11-4-5-13-14(10-11)18-9-3-8-17-13/h4-5,10,12,16H,3,6-9H2,1-2H3. The van der Waals surface area contributed by atoms with E-state index in [1.807, 2.05) is 32.3 Å². The van der Waals surface area contributed by atoms with Crippen LogP contribution in [0.4, 0.5) is 0 Å². The van der Waals surface area contributed by atoms with E-state index in [0.29, 0.717) is 19.6 Å². The fourth-order valence-corrected chi connectivity index (χ4v) is 2.23. The SMILES string of the molecule is CN(C)C(CCO)c1ccc2c(c1)OCCCO2. The number of fused-ring (bicyclic) bond motifs is 1. The molecule has 1 aliphatic heterocycles. The summed E-state index contributed by atoms with van der Waals surface area (Å²) in [5, 5.41) is 9.15. The van der Waals surface area contributed by atoms with E-state index >= 15 is 0 Å². The lowest BCUT2D eigenvalue weighted by Crippen LogP contribution is -2.21. The minimum atomic E-state index is 0.178. The van der Waals surface area contributed by atoms with E-state index < -0.39 is 0 Å². The summed E-state index contributed by atoms with van der Waals surface area (Å²) in [6.45, 7) is 1.58. The van der Waals surface area contributed by atoms with E-state index in [0.717, 1.165) is 23.5 Å². The van der Waals surface area contributed by atoms with Gasteiger partial charge in [0.2, 0.25) is 0 Å². The average molecular weight is 251 g/mol. The number of rotatable bonds is 4. The number of nitrogens with zero attached hydrogens (tertiary/aromatic N) is 1. The highest BCUT2D eigenvalue weighted by molar-refractivity contribution is 5.44. The maximum absolute atomic E-state index is 9.15. The molecule has 0 spiro atoms. The summed E-state index contributed by atoms with van der Waals surface area (Å²) >= 11 is 0. The van der Waals surface area contributed by atoms with Gasteiger partial charge in [-0.25, -0.2) is 0 Å². The van der Waals surface area contributed by atoms with Crippen molar-refractivity contribution >= 4 is 0 Å². The van der Waals surface area contributed by atoms with Gasteiger partial charge in [-0.15, -0.1) is 0 Å². The molecule has 1 N–H and O–H groups in total. The summed E-state index contributed by atoms with van der Waals surface area (Å²) in [6, 6.07) is 6.24. The quantitative estimate of drug-likeness (QED) is 0.886. The third-order valence-electron chi connectivity index (χ3n) is 3.18. The molecule has 1 unspecified atom stereocenters. The molecule has 4 nitrogen and oxygen atoms in total. The largest absolute Gasteiger partial charge is 0.490 e. The number of aliphatic hydroxyl groups is 1. The molecule has 18 heavy (non-hydrogen) atoms. The van der Waals surface area contributed by atoms with E-state index in [-0.39, 0.29) is 12.6 Å². The summed E-state index contributed by atoms with van der Waals surface area (Å²) in [6.07, 6.45) is 1.63. The third-order valence-corrected chi connectivity index (χ3v) is 3.18. The second-order valence-corrected chi connectivity index (χ2v) is 4.75. The maximum atomic E-state index is 9.15. The van der Waals surface area contributed by atoms with Gasteiger partial charge in [0.05, 0.1) is 13.2 Å². The predicted molar refractivity (Wildman–Crippen MR) is 70.2 cm³/mol. The Morgan fingerprint density at radius 1 is 1.22 bits per heavy atom. The van der Waals surface area contributed by atoms with Crippen LogP contribution in [0.1, 0.15) is 24.4 Å². The molecule has 0 fully saturated rings. The zero-order chi connectivity index (χ0) is 13.0. The Kier molecular flexibility index (Phi) is 4.44. The molecule has 0 saturated carbocycles. The van der Waals surface area contributed by atoms with Gasteiger partial charge in [0.1, 0.15) is 0 Å². The normalized spacial score (nSPS) is 16.4. The lowest BCUT2D eigenvalue weighted by atomic mass is 10.0. The van der Waals surface area contributed by atoms with Crippen molar-refractivity contribution in [1.29, 1.82) is 0 Å². The van der Waals surface area contributed by atoms with Crippen LogP contribution in [0.3, 0.4) is 0 Å². The predicted octanol–water partition coefficient (Wildman–Crippen LogP) is 1.83. The van der Waals surface area contributed by atoms with Gasteiger partial charge in [-0.2, -0.15) is 0 Å². The van der Waals surface area contributed by atoms with Crippen LogP contribution in [0.2, 0.25) is 0 Å². The van der Waals surface area contributed by atoms with Crippen LogP contribution in [-0.4, -0.2) is 43.9 Å². The van der Waals surface area contributed by atoms with E-state index in [4.69, 9.17) is 14.6 Å². The average Bonchev–Trinajstić information content (AvgIpc) is 2.59. The molecule has 100 valence electrons. The Bertz CT molecular complexity index is 393. The Balaban J connectivity index is 2.25. The van der Waals surface area contributed by atoms with Crippen LogP contribution in [0.15, 0.2) is 18.2 Å². The van der Waals surface area contributed by atoms with E-state index in [1.54, 1.807) is 0 Å². The van der Waals surface area contributed by atoms with Gasteiger partial charge < -0.3 is 19.5 Å². The number of aliphatic hydroxyl groups excluding tert-OH is 1. The molecular formula is C14H21NO3. The van der Waals surface area contributed by atoms with Crippen LogP contribution >= 0.6 is 0 Å². The first-order valence-corrected chi connectivity index (χ1v) is 6.39. The summed E-state index contributed by atoms with van der Waals surface area (Å²) in [7, 11) is 4.03. The molecule has 1 aromatic rings. The van der Waals surface area contributed by atoms with Crippen LogP contribution in [0, 0.1) is 0 Å². The first kappa shape index (κ1) is 13.2. The van der Waals surface area contributed by atoms with Crippen LogP contribution in [0.5, 0.6) is 11.5 Å². The van der Waals surface area contributed by atoms with Gasteiger partial charge in [0.15, 0.2) is 11.5 Å². The Hall–Kier alpha value is -1.26. The van der Waals surface area contributed by atoms with Gasteiger partial charge in [-0.05, 0) is 38.2 Å². The molecule has 4 heteroatoms. The van der Waals surface area contributed by atoms with Crippen molar-refractivity contribution in [2.45, 2.75) is 18.9 Å². The second kappa shape index (κ2) is 6.07. The molecule has 2 rings (SSSR count).